The fraction of sp³-hybridized carbons (Fsp3) is 0.222. The molecule has 0 atom stereocenters. The highest BCUT2D eigenvalue weighted by Crippen LogP contribution is 2.40. The smallest absolute Gasteiger partial charge is 0.202 e. The zero-order valence-corrected chi connectivity index (χ0v) is 8.07. The summed E-state index contributed by atoms with van der Waals surface area (Å²) < 4.78 is 48.8. The number of benzene rings is 1. The van der Waals surface area contributed by atoms with E-state index in [9.17, 15) is 17.6 Å². The summed E-state index contributed by atoms with van der Waals surface area (Å²) >= 11 is -0.220. The minimum Gasteiger partial charge on any atom is -0.202 e. The number of alkyl halides is 4. The van der Waals surface area contributed by atoms with Crippen LogP contribution in [-0.4, -0.2) is 11.7 Å². The number of hydrogen-bond donors (Lipinski definition) is 0. The Bertz CT molecular complexity index is 369. The molecule has 0 N–H and O–H groups in total. The predicted molar refractivity (Wildman–Crippen MR) is 48.0 cm³/mol. The Labute approximate surface area is 87.7 Å². The van der Waals surface area contributed by atoms with Crippen LogP contribution >= 0.6 is 11.8 Å². The number of hydrogen-bond acceptors (Lipinski definition) is 2. The van der Waals surface area contributed by atoms with Gasteiger partial charge in [0.15, 0.2) is 0 Å². The molecule has 0 amide bonds. The van der Waals surface area contributed by atoms with Crippen molar-refractivity contribution in [3.8, 4) is 6.07 Å². The quantitative estimate of drug-likeness (QED) is 0.591. The van der Waals surface area contributed by atoms with Gasteiger partial charge < -0.3 is 0 Å². The maximum atomic E-state index is 12.6. The van der Waals surface area contributed by atoms with E-state index in [0.29, 0.717) is 5.56 Å². The number of nitriles is 1. The van der Waals surface area contributed by atoms with Gasteiger partial charge in [-0.25, -0.2) is 8.78 Å². The molecule has 0 saturated carbocycles. The van der Waals surface area contributed by atoms with Gasteiger partial charge in [0.25, 0.3) is 0 Å². The van der Waals surface area contributed by atoms with Crippen molar-refractivity contribution in [3.05, 3.63) is 29.8 Å². The molecule has 0 aliphatic carbocycles. The highest BCUT2D eigenvalue weighted by Gasteiger charge is 2.41. The lowest BCUT2D eigenvalue weighted by atomic mass is 10.2. The molecule has 1 aromatic rings. The van der Waals surface area contributed by atoms with E-state index in [4.69, 9.17) is 5.26 Å². The minimum absolute atomic E-state index is 0.000648. The zero-order chi connectivity index (χ0) is 11.5. The van der Waals surface area contributed by atoms with Crippen molar-refractivity contribution < 1.29 is 17.6 Å². The second-order valence-corrected chi connectivity index (χ2v) is 3.82. The molecule has 1 nitrogen and oxygen atoms in total. The van der Waals surface area contributed by atoms with E-state index >= 15 is 0 Å². The number of thioether (sulfide) groups is 1. The first-order valence-electron chi connectivity index (χ1n) is 3.81. The van der Waals surface area contributed by atoms with E-state index in [1.165, 1.54) is 24.3 Å². The predicted octanol–water partition coefficient (Wildman–Crippen LogP) is 3.51. The maximum absolute atomic E-state index is 12.6. The summed E-state index contributed by atoms with van der Waals surface area (Å²) in [5.41, 5.74) is 0.291. The summed E-state index contributed by atoms with van der Waals surface area (Å²) in [6, 6.07) is 6.80. The Balaban J connectivity index is 2.78. The Kier molecular flexibility index (Phi) is 3.58. The van der Waals surface area contributed by atoms with E-state index < -0.39 is 11.7 Å². The SMILES string of the molecule is N#Cc1ccc(SC(F)(F)C(F)F)cc1. The normalized spacial score (nSPS) is 11.5. The first kappa shape index (κ1) is 11.9. The average molecular weight is 235 g/mol. The maximum Gasteiger partial charge on any atom is 0.357 e. The van der Waals surface area contributed by atoms with Crippen molar-refractivity contribution >= 4 is 11.8 Å². The van der Waals surface area contributed by atoms with Crippen molar-refractivity contribution in [2.75, 3.05) is 0 Å². The van der Waals surface area contributed by atoms with Crippen LogP contribution in [-0.2, 0) is 0 Å². The van der Waals surface area contributed by atoms with Crippen LogP contribution in [0, 0.1) is 11.3 Å². The zero-order valence-electron chi connectivity index (χ0n) is 7.25. The standard InChI is InChI=1S/C9H5F4NS/c10-8(11)9(12,13)15-7-3-1-6(5-14)2-4-7/h1-4,8H. The Morgan fingerprint density at radius 2 is 1.73 bits per heavy atom. The summed E-state index contributed by atoms with van der Waals surface area (Å²) in [5.74, 6) is 0. The monoisotopic (exact) mass is 235 g/mol. The lowest BCUT2D eigenvalue weighted by molar-refractivity contribution is -0.0563. The summed E-state index contributed by atoms with van der Waals surface area (Å²) in [7, 11) is 0. The lowest BCUT2D eigenvalue weighted by Crippen LogP contribution is -2.21. The second kappa shape index (κ2) is 4.53. The molecule has 15 heavy (non-hydrogen) atoms. The van der Waals surface area contributed by atoms with Crippen molar-refractivity contribution in [2.45, 2.75) is 16.6 Å². The van der Waals surface area contributed by atoms with Gasteiger partial charge in [-0.2, -0.15) is 14.0 Å². The van der Waals surface area contributed by atoms with E-state index in [1.54, 1.807) is 6.07 Å². The van der Waals surface area contributed by atoms with E-state index in [2.05, 4.69) is 0 Å². The molecule has 0 fully saturated rings. The average Bonchev–Trinajstić information content (AvgIpc) is 2.18. The third-order valence-corrected chi connectivity index (χ3v) is 2.45. The van der Waals surface area contributed by atoms with Crippen molar-refractivity contribution in [1.82, 2.24) is 0 Å². The first-order valence-corrected chi connectivity index (χ1v) is 4.62. The molecule has 0 heterocycles. The van der Waals surface area contributed by atoms with E-state index in [-0.39, 0.29) is 16.7 Å². The van der Waals surface area contributed by atoms with Gasteiger partial charge in [-0.1, -0.05) is 0 Å². The third-order valence-electron chi connectivity index (χ3n) is 1.49. The van der Waals surface area contributed by atoms with Crippen LogP contribution in [0.3, 0.4) is 0 Å². The summed E-state index contributed by atoms with van der Waals surface area (Å²) in [6.07, 6.45) is -3.71. The van der Waals surface area contributed by atoms with Crippen molar-refractivity contribution in [2.24, 2.45) is 0 Å². The molecule has 0 radical (unpaired) electrons. The molecule has 6 heteroatoms. The number of rotatable bonds is 3. The summed E-state index contributed by atoms with van der Waals surface area (Å²) in [5, 5.41) is 4.32. The molecule has 80 valence electrons. The van der Waals surface area contributed by atoms with Gasteiger partial charge in [-0.3, -0.25) is 0 Å². The molecule has 0 aromatic heterocycles. The highest BCUT2D eigenvalue weighted by molar-refractivity contribution is 8.00. The molecule has 0 aliphatic heterocycles. The third kappa shape index (κ3) is 3.13. The van der Waals surface area contributed by atoms with Crippen LogP contribution in [0.25, 0.3) is 0 Å². The topological polar surface area (TPSA) is 23.8 Å². The number of nitrogens with zero attached hydrogens (tertiary/aromatic N) is 1. The Morgan fingerprint density at radius 3 is 2.13 bits per heavy atom. The van der Waals surface area contributed by atoms with Crippen LogP contribution in [0.15, 0.2) is 29.2 Å². The fourth-order valence-corrected chi connectivity index (χ4v) is 1.47. The summed E-state index contributed by atoms with van der Waals surface area (Å²) in [4.78, 5) is -0.000648. The Morgan fingerprint density at radius 1 is 1.20 bits per heavy atom. The largest absolute Gasteiger partial charge is 0.357 e. The lowest BCUT2D eigenvalue weighted by Gasteiger charge is -2.13. The van der Waals surface area contributed by atoms with Gasteiger partial charge in [0.2, 0.25) is 0 Å². The molecule has 0 bridgehead atoms. The minimum atomic E-state index is -4.10. The van der Waals surface area contributed by atoms with Gasteiger partial charge in [0.05, 0.1) is 11.6 Å². The molecule has 0 saturated heterocycles. The molecule has 1 aromatic carbocycles. The van der Waals surface area contributed by atoms with Gasteiger partial charge in [0.1, 0.15) is 0 Å². The molecule has 1 rings (SSSR count). The van der Waals surface area contributed by atoms with Crippen LogP contribution in [0.4, 0.5) is 17.6 Å². The van der Waals surface area contributed by atoms with Gasteiger partial charge >= 0.3 is 11.7 Å². The molecular formula is C9H5F4NS. The molecule has 0 unspecified atom stereocenters. The van der Waals surface area contributed by atoms with E-state index in [1.807, 2.05) is 0 Å². The molecular weight excluding hydrogens is 230 g/mol. The van der Waals surface area contributed by atoms with Gasteiger partial charge in [-0.15, -0.1) is 0 Å². The van der Waals surface area contributed by atoms with Crippen molar-refractivity contribution in [1.29, 1.82) is 5.26 Å². The molecule has 0 spiro atoms. The fourth-order valence-electron chi connectivity index (χ4n) is 0.799. The van der Waals surface area contributed by atoms with Crippen LogP contribution in [0.5, 0.6) is 0 Å². The second-order valence-electron chi connectivity index (χ2n) is 2.60. The highest BCUT2D eigenvalue weighted by atomic mass is 32.2. The Hall–Kier alpha value is -1.22. The number of halogens is 4. The van der Waals surface area contributed by atoms with Gasteiger partial charge in [-0.05, 0) is 36.0 Å². The molecule has 0 aliphatic rings. The summed E-state index contributed by atoms with van der Waals surface area (Å²) in [6.45, 7) is 0. The van der Waals surface area contributed by atoms with Crippen LogP contribution in [0.1, 0.15) is 5.56 Å². The first-order chi connectivity index (χ1) is 6.95. The van der Waals surface area contributed by atoms with Crippen molar-refractivity contribution in [3.63, 3.8) is 0 Å². The van der Waals surface area contributed by atoms with Crippen LogP contribution < -0.4 is 0 Å². The van der Waals surface area contributed by atoms with Gasteiger partial charge in [0, 0.05) is 4.90 Å². The van der Waals surface area contributed by atoms with E-state index in [0.717, 1.165) is 0 Å². The van der Waals surface area contributed by atoms with Crippen LogP contribution in [0.2, 0.25) is 0 Å².